The molecule has 1 aliphatic heterocycles. The monoisotopic (exact) mass is 448 g/mol. The van der Waals surface area contributed by atoms with Crippen LogP contribution in [0.4, 0.5) is 5.69 Å². The second-order valence-corrected chi connectivity index (χ2v) is 7.26. The van der Waals surface area contributed by atoms with Gasteiger partial charge in [-0.2, -0.15) is 0 Å². The van der Waals surface area contributed by atoms with Gasteiger partial charge < -0.3 is 9.15 Å². The van der Waals surface area contributed by atoms with Crippen molar-refractivity contribution in [2.45, 2.75) is 13.8 Å². The number of esters is 1. The molecule has 0 aliphatic carbocycles. The maximum Gasteiger partial charge on any atom is 0.338 e. The SMILES string of the molecule is CCOC(=O)c1cccc(N=C2SC(=Cc3ccc(Br)o3)C(=O)N2CC)c1. The van der Waals surface area contributed by atoms with E-state index in [4.69, 9.17) is 9.15 Å². The Morgan fingerprint density at radius 1 is 1.33 bits per heavy atom. The molecule has 6 nitrogen and oxygen atoms in total. The van der Waals surface area contributed by atoms with E-state index in [0.717, 1.165) is 0 Å². The van der Waals surface area contributed by atoms with E-state index in [-0.39, 0.29) is 5.91 Å². The molecule has 1 amide bonds. The average molecular weight is 449 g/mol. The van der Waals surface area contributed by atoms with Crippen molar-refractivity contribution in [1.29, 1.82) is 0 Å². The topological polar surface area (TPSA) is 72.1 Å². The lowest BCUT2D eigenvalue weighted by atomic mass is 10.2. The summed E-state index contributed by atoms with van der Waals surface area (Å²) in [5, 5.41) is 0.556. The Labute approximate surface area is 169 Å². The molecule has 140 valence electrons. The first kappa shape index (κ1) is 19.4. The smallest absolute Gasteiger partial charge is 0.338 e. The number of aliphatic imine (C=N–C) groups is 1. The third-order valence-electron chi connectivity index (χ3n) is 3.65. The minimum atomic E-state index is -0.397. The molecule has 0 bridgehead atoms. The van der Waals surface area contributed by atoms with E-state index in [2.05, 4.69) is 20.9 Å². The summed E-state index contributed by atoms with van der Waals surface area (Å²) in [5.41, 5.74) is 1.00. The first-order valence-electron chi connectivity index (χ1n) is 8.34. The van der Waals surface area contributed by atoms with Gasteiger partial charge in [0.1, 0.15) is 5.76 Å². The van der Waals surface area contributed by atoms with Crippen LogP contribution in [0.25, 0.3) is 6.08 Å². The number of amidine groups is 1. The normalized spacial score (nSPS) is 17.1. The summed E-state index contributed by atoms with van der Waals surface area (Å²) in [4.78, 5) is 31.2. The molecule has 0 saturated carbocycles. The van der Waals surface area contributed by atoms with Gasteiger partial charge in [0, 0.05) is 12.6 Å². The predicted octanol–water partition coefficient (Wildman–Crippen LogP) is 4.84. The van der Waals surface area contributed by atoms with Crippen LogP contribution >= 0.6 is 27.7 Å². The molecule has 1 aromatic carbocycles. The summed E-state index contributed by atoms with van der Waals surface area (Å²) in [6, 6.07) is 10.4. The summed E-state index contributed by atoms with van der Waals surface area (Å²) in [7, 11) is 0. The predicted molar refractivity (Wildman–Crippen MR) is 109 cm³/mol. The fourth-order valence-corrected chi connectivity index (χ4v) is 3.79. The van der Waals surface area contributed by atoms with Gasteiger partial charge in [0.05, 0.1) is 22.8 Å². The average Bonchev–Trinajstić information content (AvgIpc) is 3.19. The van der Waals surface area contributed by atoms with Gasteiger partial charge in [-0.1, -0.05) is 6.07 Å². The van der Waals surface area contributed by atoms with Crippen LogP contribution in [0.1, 0.15) is 30.0 Å². The minimum Gasteiger partial charge on any atom is -0.462 e. The molecule has 0 radical (unpaired) electrons. The van der Waals surface area contributed by atoms with Crippen LogP contribution in [0.5, 0.6) is 0 Å². The molecule has 3 rings (SSSR count). The Hall–Kier alpha value is -2.32. The van der Waals surface area contributed by atoms with Crippen LogP contribution in [0.3, 0.4) is 0 Å². The molecule has 8 heteroatoms. The highest BCUT2D eigenvalue weighted by molar-refractivity contribution is 9.10. The number of hydrogen-bond acceptors (Lipinski definition) is 6. The number of ether oxygens (including phenoxy) is 1. The first-order chi connectivity index (χ1) is 13.0. The zero-order valence-corrected chi connectivity index (χ0v) is 17.2. The molecule has 0 N–H and O–H groups in total. The Balaban J connectivity index is 1.89. The summed E-state index contributed by atoms with van der Waals surface area (Å²) >= 11 is 4.52. The Bertz CT molecular complexity index is 935. The standard InChI is InChI=1S/C19H17BrN2O4S/c1-3-22-17(23)15(11-14-8-9-16(20)26-14)27-19(22)21-13-7-5-6-12(10-13)18(24)25-4-2/h5-11H,3-4H2,1-2H3. The van der Waals surface area contributed by atoms with Gasteiger partial charge in [-0.25, -0.2) is 9.79 Å². The van der Waals surface area contributed by atoms with Crippen LogP contribution in [0.2, 0.25) is 0 Å². The number of hydrogen-bond donors (Lipinski definition) is 0. The summed E-state index contributed by atoms with van der Waals surface area (Å²) in [5.74, 6) is 0.0562. The zero-order chi connectivity index (χ0) is 19.4. The van der Waals surface area contributed by atoms with Gasteiger partial charge in [0.2, 0.25) is 0 Å². The molecule has 27 heavy (non-hydrogen) atoms. The number of thioether (sulfide) groups is 1. The lowest BCUT2D eigenvalue weighted by Gasteiger charge is -2.12. The largest absolute Gasteiger partial charge is 0.462 e. The quantitative estimate of drug-likeness (QED) is 0.483. The third-order valence-corrected chi connectivity index (χ3v) is 5.09. The second kappa shape index (κ2) is 8.58. The molecular weight excluding hydrogens is 432 g/mol. The van der Waals surface area contributed by atoms with E-state index in [1.807, 2.05) is 6.92 Å². The van der Waals surface area contributed by atoms with Crippen molar-refractivity contribution in [3.63, 3.8) is 0 Å². The minimum absolute atomic E-state index is 0.129. The van der Waals surface area contributed by atoms with E-state index in [1.54, 1.807) is 54.3 Å². The van der Waals surface area contributed by atoms with E-state index < -0.39 is 5.97 Å². The van der Waals surface area contributed by atoms with Crippen LogP contribution in [0.15, 0.2) is 55.4 Å². The number of likely N-dealkylation sites (N-methyl/N-ethyl adjacent to an activating group) is 1. The van der Waals surface area contributed by atoms with E-state index in [9.17, 15) is 9.59 Å². The second-order valence-electron chi connectivity index (χ2n) is 5.47. The van der Waals surface area contributed by atoms with Crippen molar-refractivity contribution in [2.75, 3.05) is 13.2 Å². The summed E-state index contributed by atoms with van der Waals surface area (Å²) in [6.45, 7) is 4.44. The highest BCUT2D eigenvalue weighted by atomic mass is 79.9. The molecular formula is C19H17BrN2O4S. The molecule has 0 unspecified atom stereocenters. The Morgan fingerprint density at radius 3 is 2.81 bits per heavy atom. The van der Waals surface area contributed by atoms with Crippen molar-refractivity contribution in [1.82, 2.24) is 4.90 Å². The highest BCUT2D eigenvalue weighted by Crippen LogP contribution is 2.34. The molecule has 1 saturated heterocycles. The lowest BCUT2D eigenvalue weighted by molar-refractivity contribution is -0.122. The van der Waals surface area contributed by atoms with Crippen LogP contribution in [-0.4, -0.2) is 35.1 Å². The van der Waals surface area contributed by atoms with E-state index in [1.165, 1.54) is 11.8 Å². The Kier molecular flexibility index (Phi) is 6.18. The molecule has 1 fully saturated rings. The van der Waals surface area contributed by atoms with E-state index in [0.29, 0.717) is 44.9 Å². The number of benzene rings is 1. The molecule has 1 aromatic heterocycles. The van der Waals surface area contributed by atoms with Crippen molar-refractivity contribution in [3.05, 3.63) is 57.3 Å². The van der Waals surface area contributed by atoms with Crippen LogP contribution in [-0.2, 0) is 9.53 Å². The molecule has 1 aliphatic rings. The summed E-state index contributed by atoms with van der Waals surface area (Å²) in [6.07, 6.45) is 1.69. The molecule has 2 heterocycles. The number of furan rings is 1. The van der Waals surface area contributed by atoms with Gasteiger partial charge in [-0.15, -0.1) is 0 Å². The van der Waals surface area contributed by atoms with Crippen molar-refractivity contribution in [2.24, 2.45) is 4.99 Å². The lowest BCUT2D eigenvalue weighted by Crippen LogP contribution is -2.28. The molecule has 0 atom stereocenters. The van der Waals surface area contributed by atoms with Crippen LogP contribution < -0.4 is 0 Å². The highest BCUT2D eigenvalue weighted by Gasteiger charge is 2.32. The molecule has 2 aromatic rings. The van der Waals surface area contributed by atoms with Gasteiger partial charge in [-0.05, 0) is 71.9 Å². The van der Waals surface area contributed by atoms with Gasteiger partial charge in [0.15, 0.2) is 9.84 Å². The number of carbonyl (C=O) groups excluding carboxylic acids is 2. The van der Waals surface area contributed by atoms with Crippen molar-refractivity contribution < 1.29 is 18.7 Å². The number of halogens is 1. The number of nitrogens with zero attached hydrogens (tertiary/aromatic N) is 2. The number of carbonyl (C=O) groups is 2. The van der Waals surface area contributed by atoms with Gasteiger partial charge in [0.25, 0.3) is 5.91 Å². The van der Waals surface area contributed by atoms with Crippen molar-refractivity contribution in [3.8, 4) is 0 Å². The number of amides is 1. The van der Waals surface area contributed by atoms with E-state index >= 15 is 0 Å². The van der Waals surface area contributed by atoms with Gasteiger partial charge >= 0.3 is 5.97 Å². The number of rotatable bonds is 5. The fraction of sp³-hybridized carbons (Fsp3) is 0.211. The third kappa shape index (κ3) is 4.51. The zero-order valence-electron chi connectivity index (χ0n) is 14.8. The first-order valence-corrected chi connectivity index (χ1v) is 9.95. The molecule has 0 spiro atoms. The van der Waals surface area contributed by atoms with Gasteiger partial charge in [-0.3, -0.25) is 9.69 Å². The van der Waals surface area contributed by atoms with Crippen molar-refractivity contribution >= 4 is 56.5 Å². The maximum atomic E-state index is 12.6. The maximum absolute atomic E-state index is 12.6. The van der Waals surface area contributed by atoms with Crippen LogP contribution in [0, 0.1) is 0 Å². The Morgan fingerprint density at radius 2 is 2.15 bits per heavy atom. The summed E-state index contributed by atoms with van der Waals surface area (Å²) < 4.78 is 11.1. The fourth-order valence-electron chi connectivity index (χ4n) is 2.43.